The minimum Gasteiger partial charge on any atom is -0.322 e. The highest BCUT2D eigenvalue weighted by Gasteiger charge is 2.42. The van der Waals surface area contributed by atoms with Gasteiger partial charge in [0.15, 0.2) is 0 Å². The summed E-state index contributed by atoms with van der Waals surface area (Å²) in [6.45, 7) is 6.04. The monoisotopic (exact) mass is 228 g/mol. The Morgan fingerprint density at radius 2 is 1.75 bits per heavy atom. The lowest BCUT2D eigenvalue weighted by molar-refractivity contribution is -0.110. The Bertz CT molecular complexity index is 227. The molecule has 0 heterocycles. The number of nitrogens with two attached hydrogens (primary N) is 2. The second kappa shape index (κ2) is 6.76. The molecule has 0 amide bonds. The van der Waals surface area contributed by atoms with Crippen LogP contribution in [-0.4, -0.2) is 24.7 Å². The Balaban J connectivity index is 0.000000281. The first kappa shape index (κ1) is 15.3. The number of hydrogen-bond donors (Lipinski definition) is 2. The first-order chi connectivity index (χ1) is 7.41. The molecule has 0 spiro atoms. The summed E-state index contributed by atoms with van der Waals surface area (Å²) in [6.07, 6.45) is 4.85. The van der Waals surface area contributed by atoms with Crippen molar-refractivity contribution >= 4 is 12.6 Å². The number of carbonyl (C=O) groups is 2. The second-order valence-electron chi connectivity index (χ2n) is 4.91. The van der Waals surface area contributed by atoms with Gasteiger partial charge in [-0.1, -0.05) is 27.2 Å². The van der Waals surface area contributed by atoms with Gasteiger partial charge < -0.3 is 21.1 Å². The zero-order valence-corrected chi connectivity index (χ0v) is 10.5. The van der Waals surface area contributed by atoms with E-state index in [4.69, 9.17) is 11.5 Å². The minimum absolute atomic E-state index is 0.168. The quantitative estimate of drug-likeness (QED) is 0.684. The maximum atomic E-state index is 10.1. The van der Waals surface area contributed by atoms with Crippen molar-refractivity contribution in [3.63, 3.8) is 0 Å². The predicted molar refractivity (Wildman–Crippen MR) is 64.9 cm³/mol. The van der Waals surface area contributed by atoms with Crippen molar-refractivity contribution in [3.8, 4) is 0 Å². The van der Waals surface area contributed by atoms with Crippen LogP contribution < -0.4 is 11.5 Å². The van der Waals surface area contributed by atoms with Crippen molar-refractivity contribution in [1.29, 1.82) is 0 Å². The van der Waals surface area contributed by atoms with Crippen molar-refractivity contribution < 1.29 is 9.59 Å². The molecule has 4 heteroatoms. The van der Waals surface area contributed by atoms with Gasteiger partial charge in [0.25, 0.3) is 0 Å². The van der Waals surface area contributed by atoms with E-state index in [0.29, 0.717) is 5.92 Å². The van der Waals surface area contributed by atoms with Crippen LogP contribution in [0.4, 0.5) is 0 Å². The Morgan fingerprint density at radius 1 is 1.25 bits per heavy atom. The molecule has 1 aliphatic carbocycles. The van der Waals surface area contributed by atoms with Crippen LogP contribution in [0.15, 0.2) is 0 Å². The Morgan fingerprint density at radius 3 is 1.88 bits per heavy atom. The van der Waals surface area contributed by atoms with Gasteiger partial charge in [0.1, 0.15) is 12.6 Å². The zero-order valence-electron chi connectivity index (χ0n) is 10.5. The highest BCUT2D eigenvalue weighted by molar-refractivity contribution is 5.59. The summed E-state index contributed by atoms with van der Waals surface area (Å²) in [4.78, 5) is 20.0. The lowest BCUT2D eigenvalue weighted by Gasteiger charge is -2.09. The Kier molecular flexibility index (Phi) is 6.45. The molecule has 94 valence electrons. The van der Waals surface area contributed by atoms with E-state index < -0.39 is 0 Å². The molecule has 0 unspecified atom stereocenters. The molecule has 0 aromatic rings. The van der Waals surface area contributed by atoms with Gasteiger partial charge in [0.2, 0.25) is 0 Å². The van der Waals surface area contributed by atoms with Crippen LogP contribution in [0, 0.1) is 11.3 Å². The van der Waals surface area contributed by atoms with Crippen molar-refractivity contribution in [2.24, 2.45) is 22.8 Å². The molecular formula is C12H24N2O2. The molecule has 0 bridgehead atoms. The average molecular weight is 228 g/mol. The number of carbonyl (C=O) groups excluding carboxylic acids is 2. The summed E-state index contributed by atoms with van der Waals surface area (Å²) in [5, 5.41) is 0. The third kappa shape index (κ3) is 4.86. The maximum Gasteiger partial charge on any atom is 0.137 e. The third-order valence-electron chi connectivity index (χ3n) is 3.45. The van der Waals surface area contributed by atoms with Crippen LogP contribution >= 0.6 is 0 Å². The molecule has 3 atom stereocenters. The van der Waals surface area contributed by atoms with Gasteiger partial charge in [0, 0.05) is 0 Å². The lowest BCUT2D eigenvalue weighted by Crippen LogP contribution is -2.30. The molecule has 4 N–H and O–H groups in total. The van der Waals surface area contributed by atoms with Gasteiger partial charge in [-0.05, 0) is 24.2 Å². The molecule has 0 radical (unpaired) electrons. The van der Waals surface area contributed by atoms with Gasteiger partial charge in [-0.25, -0.2) is 0 Å². The average Bonchev–Trinajstić information content (AvgIpc) is 3.06. The summed E-state index contributed by atoms with van der Waals surface area (Å²) in [7, 11) is 0. The molecule has 0 aromatic heterocycles. The van der Waals surface area contributed by atoms with E-state index in [1.54, 1.807) is 0 Å². The molecule has 1 saturated carbocycles. The van der Waals surface area contributed by atoms with Crippen LogP contribution in [-0.2, 0) is 9.59 Å². The summed E-state index contributed by atoms with van der Waals surface area (Å²) in [6, 6.07) is -0.484. The maximum absolute atomic E-state index is 10.1. The fraction of sp³-hybridized carbons (Fsp3) is 0.833. The normalized spacial score (nSPS) is 22.1. The van der Waals surface area contributed by atoms with Crippen LogP contribution in [0.1, 0.15) is 40.0 Å². The van der Waals surface area contributed by atoms with Crippen molar-refractivity contribution in [3.05, 3.63) is 0 Å². The van der Waals surface area contributed by atoms with E-state index >= 15 is 0 Å². The second-order valence-corrected chi connectivity index (χ2v) is 4.91. The van der Waals surface area contributed by atoms with E-state index in [9.17, 15) is 9.59 Å². The SMILES string of the molecule is CC1([C@H](N)C=O)CC1.CC[C@H](C)[C@H](N)C=O. The van der Waals surface area contributed by atoms with Crippen LogP contribution in [0.3, 0.4) is 0 Å². The lowest BCUT2D eigenvalue weighted by atomic mass is 10.0. The number of hydrogen-bond acceptors (Lipinski definition) is 4. The van der Waals surface area contributed by atoms with Crippen LogP contribution in [0.2, 0.25) is 0 Å². The number of rotatable bonds is 5. The fourth-order valence-corrected chi connectivity index (χ4v) is 1.10. The summed E-state index contributed by atoms with van der Waals surface area (Å²) in [5.74, 6) is 0.326. The summed E-state index contributed by atoms with van der Waals surface area (Å²) < 4.78 is 0. The van der Waals surface area contributed by atoms with Crippen LogP contribution in [0.25, 0.3) is 0 Å². The van der Waals surface area contributed by atoms with E-state index in [2.05, 4.69) is 0 Å². The Labute approximate surface area is 97.8 Å². The fourth-order valence-electron chi connectivity index (χ4n) is 1.10. The van der Waals surface area contributed by atoms with Crippen molar-refractivity contribution in [2.45, 2.75) is 52.1 Å². The molecule has 1 aliphatic rings. The Hall–Kier alpha value is -0.740. The van der Waals surface area contributed by atoms with Gasteiger partial charge in [0.05, 0.1) is 12.1 Å². The third-order valence-corrected chi connectivity index (χ3v) is 3.45. The largest absolute Gasteiger partial charge is 0.322 e. The minimum atomic E-state index is -0.264. The van der Waals surface area contributed by atoms with Crippen LogP contribution in [0.5, 0.6) is 0 Å². The molecule has 4 nitrogen and oxygen atoms in total. The van der Waals surface area contributed by atoms with E-state index in [0.717, 1.165) is 31.8 Å². The molecule has 0 saturated heterocycles. The van der Waals surface area contributed by atoms with E-state index in [1.807, 2.05) is 20.8 Å². The highest BCUT2D eigenvalue weighted by Crippen LogP contribution is 2.46. The molecule has 16 heavy (non-hydrogen) atoms. The molecular weight excluding hydrogens is 204 g/mol. The van der Waals surface area contributed by atoms with E-state index in [-0.39, 0.29) is 17.5 Å². The highest BCUT2D eigenvalue weighted by atomic mass is 16.1. The van der Waals surface area contributed by atoms with Crippen molar-refractivity contribution in [1.82, 2.24) is 0 Å². The van der Waals surface area contributed by atoms with Crippen molar-refractivity contribution in [2.75, 3.05) is 0 Å². The standard InChI is InChI=1S/C6H11NO.C6H13NO/c1-6(2-3-6)5(7)4-8;1-3-5(2)6(7)4-8/h4-5H,2-3,7H2,1H3;4-6H,3,7H2,1-2H3/t5-;5-,6+/m10/s1. The smallest absolute Gasteiger partial charge is 0.137 e. The van der Waals surface area contributed by atoms with E-state index in [1.165, 1.54) is 0 Å². The number of aldehydes is 2. The molecule has 1 fully saturated rings. The van der Waals surface area contributed by atoms with Gasteiger partial charge in [-0.3, -0.25) is 0 Å². The van der Waals surface area contributed by atoms with Gasteiger partial charge >= 0.3 is 0 Å². The zero-order chi connectivity index (χ0) is 12.8. The predicted octanol–water partition coefficient (Wildman–Crippen LogP) is 0.871. The molecule has 0 aliphatic heterocycles. The van der Waals surface area contributed by atoms with Gasteiger partial charge in [-0.2, -0.15) is 0 Å². The topological polar surface area (TPSA) is 86.2 Å². The molecule has 1 rings (SSSR count). The van der Waals surface area contributed by atoms with Gasteiger partial charge in [-0.15, -0.1) is 0 Å². The summed E-state index contributed by atoms with van der Waals surface area (Å²) in [5.41, 5.74) is 11.0. The first-order valence-corrected chi connectivity index (χ1v) is 5.83. The summed E-state index contributed by atoms with van der Waals surface area (Å²) >= 11 is 0. The first-order valence-electron chi connectivity index (χ1n) is 5.83. The molecule has 0 aromatic carbocycles.